The van der Waals surface area contributed by atoms with Crippen LogP contribution in [0.25, 0.3) is 0 Å². The molecule has 0 saturated carbocycles. The molecule has 1 aromatic heterocycles. The van der Waals surface area contributed by atoms with E-state index in [2.05, 4.69) is 22.4 Å². The van der Waals surface area contributed by atoms with E-state index < -0.39 is 0 Å². The Kier molecular flexibility index (Phi) is 4.19. The minimum atomic E-state index is 0.124. The van der Waals surface area contributed by atoms with Gasteiger partial charge in [0.2, 0.25) is 0 Å². The van der Waals surface area contributed by atoms with E-state index in [1.165, 1.54) is 5.56 Å². The number of benzene rings is 1. The first-order valence-electron chi connectivity index (χ1n) is 6.86. The van der Waals surface area contributed by atoms with Crippen molar-refractivity contribution in [2.24, 2.45) is 0 Å². The zero-order valence-corrected chi connectivity index (χ0v) is 11.9. The van der Waals surface area contributed by atoms with Gasteiger partial charge in [0.1, 0.15) is 0 Å². The molecule has 1 aliphatic heterocycles. The third-order valence-corrected chi connectivity index (χ3v) is 3.80. The number of rotatable bonds is 4. The summed E-state index contributed by atoms with van der Waals surface area (Å²) in [6, 6.07) is 12.0. The fraction of sp³-hybridized carbons (Fsp3) is 0.312. The van der Waals surface area contributed by atoms with Gasteiger partial charge in [-0.05, 0) is 42.7 Å². The fourth-order valence-electron chi connectivity index (χ4n) is 2.55. The van der Waals surface area contributed by atoms with Gasteiger partial charge in [0, 0.05) is 24.0 Å². The summed E-state index contributed by atoms with van der Waals surface area (Å²) in [5.41, 5.74) is 2.19. The molecular formula is C16H17ClN2O. The van der Waals surface area contributed by atoms with E-state index in [0.29, 0.717) is 0 Å². The molecule has 3 rings (SSSR count). The largest absolute Gasteiger partial charge is 0.376 e. The van der Waals surface area contributed by atoms with Crippen molar-refractivity contribution in [3.05, 3.63) is 59.4 Å². The van der Waals surface area contributed by atoms with Crippen LogP contribution in [-0.4, -0.2) is 17.7 Å². The summed E-state index contributed by atoms with van der Waals surface area (Å²) in [6.45, 7) is 0.837. The van der Waals surface area contributed by atoms with E-state index in [4.69, 9.17) is 16.3 Å². The molecule has 3 nitrogen and oxygen atoms in total. The van der Waals surface area contributed by atoms with E-state index in [1.54, 1.807) is 6.20 Å². The molecule has 2 aromatic rings. The highest BCUT2D eigenvalue weighted by Crippen LogP contribution is 2.30. The van der Waals surface area contributed by atoms with Crippen LogP contribution in [0.5, 0.6) is 0 Å². The molecule has 0 radical (unpaired) electrons. The summed E-state index contributed by atoms with van der Waals surface area (Å²) in [5, 5.41) is 4.28. The second kappa shape index (κ2) is 6.25. The summed E-state index contributed by atoms with van der Waals surface area (Å²) in [4.78, 5) is 4.15. The van der Waals surface area contributed by atoms with E-state index >= 15 is 0 Å². The Hall–Kier alpha value is -1.58. The van der Waals surface area contributed by atoms with Gasteiger partial charge in [0.05, 0.1) is 17.8 Å². The maximum atomic E-state index is 5.97. The van der Waals surface area contributed by atoms with Crippen LogP contribution in [0.15, 0.2) is 48.8 Å². The van der Waals surface area contributed by atoms with Crippen LogP contribution in [0.4, 0.5) is 5.69 Å². The van der Waals surface area contributed by atoms with E-state index in [-0.39, 0.29) is 12.1 Å². The zero-order valence-electron chi connectivity index (χ0n) is 11.1. The first kappa shape index (κ1) is 13.4. The van der Waals surface area contributed by atoms with E-state index in [0.717, 1.165) is 30.2 Å². The number of halogens is 1. The number of nitrogens with one attached hydrogen (secondary N) is 1. The van der Waals surface area contributed by atoms with Gasteiger partial charge in [0.25, 0.3) is 0 Å². The van der Waals surface area contributed by atoms with Crippen molar-refractivity contribution in [1.29, 1.82) is 0 Å². The minimum Gasteiger partial charge on any atom is -0.376 e. The van der Waals surface area contributed by atoms with Crippen LogP contribution in [0.3, 0.4) is 0 Å². The van der Waals surface area contributed by atoms with Crippen molar-refractivity contribution in [1.82, 2.24) is 4.98 Å². The van der Waals surface area contributed by atoms with Crippen molar-refractivity contribution in [3.63, 3.8) is 0 Å². The molecule has 104 valence electrons. The molecule has 0 aliphatic carbocycles. The Labute approximate surface area is 123 Å². The molecule has 1 aromatic carbocycles. The summed E-state index contributed by atoms with van der Waals surface area (Å²) >= 11 is 5.97. The minimum absolute atomic E-state index is 0.124. The molecule has 1 fully saturated rings. The van der Waals surface area contributed by atoms with Crippen LogP contribution in [0, 0.1) is 0 Å². The Balaban J connectivity index is 1.85. The van der Waals surface area contributed by atoms with E-state index in [9.17, 15) is 0 Å². The van der Waals surface area contributed by atoms with Crippen LogP contribution >= 0.6 is 11.6 Å². The van der Waals surface area contributed by atoms with Crippen LogP contribution < -0.4 is 5.32 Å². The molecule has 0 bridgehead atoms. The zero-order chi connectivity index (χ0) is 13.8. The first-order valence-corrected chi connectivity index (χ1v) is 7.24. The highest BCUT2D eigenvalue weighted by atomic mass is 35.5. The molecular weight excluding hydrogens is 272 g/mol. The fourth-order valence-corrected chi connectivity index (χ4v) is 2.68. The SMILES string of the molecule is Clc1ccc(C(Nc2cccnc2)C2CCCO2)cc1. The van der Waals surface area contributed by atoms with Gasteiger partial charge in [-0.1, -0.05) is 23.7 Å². The Morgan fingerprint density at radius 3 is 2.75 bits per heavy atom. The predicted molar refractivity (Wildman–Crippen MR) is 81.0 cm³/mol. The highest BCUT2D eigenvalue weighted by molar-refractivity contribution is 6.30. The molecule has 1 saturated heterocycles. The molecule has 20 heavy (non-hydrogen) atoms. The molecule has 0 amide bonds. The van der Waals surface area contributed by atoms with Crippen molar-refractivity contribution in [2.75, 3.05) is 11.9 Å². The third kappa shape index (κ3) is 3.11. The topological polar surface area (TPSA) is 34.2 Å². The Morgan fingerprint density at radius 2 is 2.10 bits per heavy atom. The third-order valence-electron chi connectivity index (χ3n) is 3.55. The maximum Gasteiger partial charge on any atom is 0.0818 e. The Bertz CT molecular complexity index is 538. The monoisotopic (exact) mass is 288 g/mol. The van der Waals surface area contributed by atoms with Crippen LogP contribution in [-0.2, 0) is 4.74 Å². The second-order valence-electron chi connectivity index (χ2n) is 4.97. The molecule has 1 aliphatic rings. The number of hydrogen-bond acceptors (Lipinski definition) is 3. The lowest BCUT2D eigenvalue weighted by molar-refractivity contribution is 0.0954. The standard InChI is InChI=1S/C16H17ClN2O/c17-13-7-5-12(6-8-13)16(15-4-2-10-20-15)19-14-3-1-9-18-11-14/h1,3,5-9,11,15-16,19H,2,4,10H2. The van der Waals surface area contributed by atoms with Gasteiger partial charge in [-0.15, -0.1) is 0 Å². The van der Waals surface area contributed by atoms with E-state index in [1.807, 2.05) is 30.5 Å². The predicted octanol–water partition coefficient (Wildman–Crippen LogP) is 4.07. The quantitative estimate of drug-likeness (QED) is 0.921. The number of anilines is 1. The van der Waals surface area contributed by atoms with Gasteiger partial charge in [0.15, 0.2) is 0 Å². The summed E-state index contributed by atoms with van der Waals surface area (Å²) in [6.07, 6.45) is 5.98. The van der Waals surface area contributed by atoms with Crippen LogP contribution in [0.2, 0.25) is 5.02 Å². The van der Waals surface area contributed by atoms with Gasteiger partial charge in [-0.3, -0.25) is 4.98 Å². The van der Waals surface area contributed by atoms with Crippen LogP contribution in [0.1, 0.15) is 24.4 Å². The number of ether oxygens (including phenoxy) is 1. The molecule has 2 heterocycles. The molecule has 2 atom stereocenters. The van der Waals surface area contributed by atoms with Gasteiger partial charge < -0.3 is 10.1 Å². The number of hydrogen-bond donors (Lipinski definition) is 1. The molecule has 0 spiro atoms. The lowest BCUT2D eigenvalue weighted by Crippen LogP contribution is -2.25. The Morgan fingerprint density at radius 1 is 1.25 bits per heavy atom. The van der Waals surface area contributed by atoms with Gasteiger partial charge >= 0.3 is 0 Å². The maximum absolute atomic E-state index is 5.97. The molecule has 2 unspecified atom stereocenters. The normalized spacial score (nSPS) is 19.8. The number of pyridine rings is 1. The summed E-state index contributed by atoms with van der Waals surface area (Å²) < 4.78 is 5.86. The lowest BCUT2D eigenvalue weighted by Gasteiger charge is -2.25. The first-order chi connectivity index (χ1) is 9.83. The lowest BCUT2D eigenvalue weighted by atomic mass is 9.99. The van der Waals surface area contributed by atoms with Crippen molar-refractivity contribution < 1.29 is 4.74 Å². The molecule has 4 heteroatoms. The van der Waals surface area contributed by atoms with Crippen molar-refractivity contribution in [2.45, 2.75) is 25.0 Å². The van der Waals surface area contributed by atoms with Crippen molar-refractivity contribution >= 4 is 17.3 Å². The number of aromatic nitrogens is 1. The van der Waals surface area contributed by atoms with Gasteiger partial charge in [-0.2, -0.15) is 0 Å². The average molecular weight is 289 g/mol. The second-order valence-corrected chi connectivity index (χ2v) is 5.40. The molecule has 1 N–H and O–H groups in total. The van der Waals surface area contributed by atoms with Crippen molar-refractivity contribution in [3.8, 4) is 0 Å². The average Bonchev–Trinajstić information content (AvgIpc) is 3.01. The summed E-state index contributed by atoms with van der Waals surface area (Å²) in [7, 11) is 0. The highest BCUT2D eigenvalue weighted by Gasteiger charge is 2.27. The number of nitrogens with zero attached hydrogens (tertiary/aromatic N) is 1. The van der Waals surface area contributed by atoms with Gasteiger partial charge in [-0.25, -0.2) is 0 Å². The smallest absolute Gasteiger partial charge is 0.0818 e. The summed E-state index contributed by atoms with van der Waals surface area (Å²) in [5.74, 6) is 0.